The highest BCUT2D eigenvalue weighted by molar-refractivity contribution is 8.01. The molecule has 2 heterocycles. The number of para-hydroxylation sites is 1. The summed E-state index contributed by atoms with van der Waals surface area (Å²) in [6.45, 7) is 2.30. The molecule has 11 heteroatoms. The summed E-state index contributed by atoms with van der Waals surface area (Å²) in [4.78, 5) is 12.8. The molecule has 0 aliphatic carbocycles. The number of aliphatic hydroxyl groups excluding tert-OH is 1. The molecule has 2 amide bonds. The molecule has 5 aromatic carbocycles. The van der Waals surface area contributed by atoms with E-state index in [4.69, 9.17) is 14.2 Å². The Hall–Kier alpha value is -5.04. The molecule has 7 rings (SSSR count). The Morgan fingerprint density at radius 1 is 0.846 bits per heavy atom. The molecule has 1 aliphatic rings. The zero-order valence-corrected chi connectivity index (χ0v) is 30.1. The van der Waals surface area contributed by atoms with Crippen LogP contribution in [0, 0.1) is 6.92 Å². The van der Waals surface area contributed by atoms with Gasteiger partial charge < -0.3 is 30.0 Å². The number of hydrogen-bond acceptors (Lipinski definition) is 9. The zero-order valence-electron chi connectivity index (χ0n) is 28.5. The fourth-order valence-electron chi connectivity index (χ4n) is 5.88. The van der Waals surface area contributed by atoms with Crippen LogP contribution in [-0.2, 0) is 22.6 Å². The fourth-order valence-corrected chi connectivity index (χ4v) is 7.74. The van der Waals surface area contributed by atoms with E-state index in [2.05, 4.69) is 39.0 Å². The molecule has 52 heavy (non-hydrogen) atoms. The van der Waals surface area contributed by atoms with Crippen molar-refractivity contribution in [2.75, 3.05) is 11.1 Å². The van der Waals surface area contributed by atoms with Crippen molar-refractivity contribution >= 4 is 34.8 Å². The summed E-state index contributed by atoms with van der Waals surface area (Å²) in [7, 11) is 0. The third kappa shape index (κ3) is 9.24. The average Bonchev–Trinajstić information content (AvgIpc) is 3.62. The van der Waals surface area contributed by atoms with Crippen LogP contribution in [0.15, 0.2) is 132 Å². The first-order chi connectivity index (χ1) is 25.5. The van der Waals surface area contributed by atoms with Crippen molar-refractivity contribution in [2.24, 2.45) is 0 Å². The Bertz CT molecular complexity index is 2060. The maximum Gasteiger partial charge on any atom is 0.319 e. The number of ether oxygens (including phenoxy) is 3. The van der Waals surface area contributed by atoms with Crippen molar-refractivity contribution in [1.82, 2.24) is 15.5 Å². The van der Waals surface area contributed by atoms with Crippen LogP contribution in [-0.4, -0.2) is 33.2 Å². The SMILES string of the molecule is Cc1nnc(SC[C@@H]2C[C@H](c3ccc(CO)cc3)O[C@H](c3ccc(-c4ccccc4CNC(=O)Nc4ccc(Oc5ccccc5)cc4)cc3)O2)s1. The van der Waals surface area contributed by atoms with E-state index in [0.29, 0.717) is 24.4 Å². The number of amides is 2. The molecule has 0 bridgehead atoms. The van der Waals surface area contributed by atoms with Gasteiger partial charge in [-0.2, -0.15) is 0 Å². The maximum atomic E-state index is 12.8. The molecule has 3 N–H and O–H groups in total. The molecule has 9 nitrogen and oxygen atoms in total. The summed E-state index contributed by atoms with van der Waals surface area (Å²) in [5.74, 6) is 2.16. The molecular weight excluding hydrogens is 693 g/mol. The zero-order chi connectivity index (χ0) is 35.7. The Kier molecular flexibility index (Phi) is 11.6. The molecule has 264 valence electrons. The minimum absolute atomic E-state index is 0.00269. The number of nitrogens with zero attached hydrogens (tertiary/aromatic N) is 2. The highest BCUT2D eigenvalue weighted by atomic mass is 32.2. The number of nitrogens with one attached hydrogen (secondary N) is 2. The predicted octanol–water partition coefficient (Wildman–Crippen LogP) is 9.46. The van der Waals surface area contributed by atoms with Crippen LogP contribution in [0.2, 0.25) is 0 Å². The van der Waals surface area contributed by atoms with E-state index in [1.165, 1.54) is 0 Å². The Balaban J connectivity index is 0.997. The summed E-state index contributed by atoms with van der Waals surface area (Å²) < 4.78 is 19.8. The van der Waals surface area contributed by atoms with Crippen molar-refractivity contribution in [2.45, 2.75) is 49.3 Å². The lowest BCUT2D eigenvalue weighted by Crippen LogP contribution is -2.31. The quantitative estimate of drug-likeness (QED) is 0.107. The number of benzene rings is 5. The molecule has 6 aromatic rings. The molecular formula is C41H38N4O5S2. The van der Waals surface area contributed by atoms with Crippen molar-refractivity contribution in [3.8, 4) is 22.6 Å². The van der Waals surface area contributed by atoms with Crippen LogP contribution < -0.4 is 15.4 Å². The smallest absolute Gasteiger partial charge is 0.319 e. The molecule has 1 saturated heterocycles. The first-order valence-corrected chi connectivity index (χ1v) is 18.8. The van der Waals surface area contributed by atoms with Gasteiger partial charge in [-0.05, 0) is 71.1 Å². The van der Waals surface area contributed by atoms with Crippen LogP contribution in [0.4, 0.5) is 10.5 Å². The first-order valence-electron chi connectivity index (χ1n) is 17.0. The van der Waals surface area contributed by atoms with Gasteiger partial charge in [0, 0.05) is 30.0 Å². The number of aromatic nitrogens is 2. The molecule has 1 aliphatic heterocycles. The molecule has 1 fully saturated rings. The number of anilines is 1. The van der Waals surface area contributed by atoms with Gasteiger partial charge in [0.15, 0.2) is 10.6 Å². The van der Waals surface area contributed by atoms with E-state index in [1.807, 2.05) is 116 Å². The van der Waals surface area contributed by atoms with E-state index in [0.717, 1.165) is 54.2 Å². The fraction of sp³-hybridized carbons (Fsp3) is 0.195. The minimum Gasteiger partial charge on any atom is -0.457 e. The van der Waals surface area contributed by atoms with Gasteiger partial charge in [0.05, 0.1) is 18.8 Å². The van der Waals surface area contributed by atoms with Gasteiger partial charge in [-0.15, -0.1) is 10.2 Å². The van der Waals surface area contributed by atoms with Crippen LogP contribution >= 0.6 is 23.1 Å². The standard InChI is InChI=1S/C41H38N4O5S2/c1-27-44-45-41(52-27)51-26-36-23-38(30-13-11-28(25-46)12-14-30)50-39(49-36)31-17-15-29(16-18-31)37-10-6-5-7-32(37)24-42-40(47)43-33-19-21-35(22-20-33)48-34-8-3-2-4-9-34/h2-22,36,38-39,46H,23-26H2,1H3,(H2,42,43,47)/t36-,38+,39+/m0/s1. The van der Waals surface area contributed by atoms with Gasteiger partial charge >= 0.3 is 6.03 Å². The van der Waals surface area contributed by atoms with Crippen molar-refractivity contribution < 1.29 is 24.1 Å². The second-order valence-corrected chi connectivity index (χ2v) is 14.7. The number of aryl methyl sites for hydroxylation is 1. The van der Waals surface area contributed by atoms with E-state index in [1.54, 1.807) is 23.1 Å². The Labute approximate surface area is 311 Å². The minimum atomic E-state index is -0.563. The lowest BCUT2D eigenvalue weighted by Gasteiger charge is -2.36. The normalized spacial score (nSPS) is 17.0. The topological polar surface area (TPSA) is 115 Å². The van der Waals surface area contributed by atoms with Gasteiger partial charge in [-0.1, -0.05) is 114 Å². The van der Waals surface area contributed by atoms with Crippen LogP contribution in [0.25, 0.3) is 11.1 Å². The van der Waals surface area contributed by atoms with Crippen LogP contribution in [0.5, 0.6) is 11.5 Å². The van der Waals surface area contributed by atoms with Gasteiger partial charge in [-0.3, -0.25) is 0 Å². The average molecular weight is 731 g/mol. The second-order valence-electron chi connectivity index (χ2n) is 12.3. The molecule has 1 aromatic heterocycles. The third-order valence-corrected chi connectivity index (χ3v) is 10.7. The van der Waals surface area contributed by atoms with E-state index >= 15 is 0 Å². The molecule has 3 atom stereocenters. The van der Waals surface area contributed by atoms with Gasteiger partial charge in [0.2, 0.25) is 0 Å². The second kappa shape index (κ2) is 17.0. The molecule has 0 saturated carbocycles. The third-order valence-electron chi connectivity index (χ3n) is 8.56. The predicted molar refractivity (Wildman–Crippen MR) is 204 cm³/mol. The lowest BCUT2D eigenvalue weighted by atomic mass is 9.98. The Morgan fingerprint density at radius 3 is 2.29 bits per heavy atom. The maximum absolute atomic E-state index is 12.8. The van der Waals surface area contributed by atoms with Crippen LogP contribution in [0.1, 0.15) is 46.1 Å². The van der Waals surface area contributed by atoms with E-state index in [9.17, 15) is 9.90 Å². The summed E-state index contributed by atoms with van der Waals surface area (Å²) >= 11 is 3.23. The number of carbonyl (C=O) groups excluding carboxylic acids is 1. The van der Waals surface area contributed by atoms with Crippen LogP contribution in [0.3, 0.4) is 0 Å². The molecule has 0 unspecified atom stereocenters. The highest BCUT2D eigenvalue weighted by Gasteiger charge is 2.32. The monoisotopic (exact) mass is 730 g/mol. The van der Waals surface area contributed by atoms with E-state index < -0.39 is 6.29 Å². The van der Waals surface area contributed by atoms with Gasteiger partial charge in [0.25, 0.3) is 0 Å². The van der Waals surface area contributed by atoms with E-state index in [-0.39, 0.29) is 24.8 Å². The Morgan fingerprint density at radius 2 is 1.56 bits per heavy atom. The molecule has 0 spiro atoms. The molecule has 0 radical (unpaired) electrons. The van der Waals surface area contributed by atoms with Gasteiger partial charge in [0.1, 0.15) is 16.5 Å². The lowest BCUT2D eigenvalue weighted by molar-refractivity contribution is -0.245. The summed E-state index contributed by atoms with van der Waals surface area (Å²) in [6.07, 6.45) is -0.119. The summed E-state index contributed by atoms with van der Waals surface area (Å²) in [6, 6.07) is 40.6. The van der Waals surface area contributed by atoms with Crippen molar-refractivity contribution in [1.29, 1.82) is 0 Å². The number of urea groups is 1. The van der Waals surface area contributed by atoms with Crippen molar-refractivity contribution in [3.63, 3.8) is 0 Å². The first kappa shape index (κ1) is 35.4. The summed E-state index contributed by atoms with van der Waals surface area (Å²) in [5, 5.41) is 24.8. The highest BCUT2D eigenvalue weighted by Crippen LogP contribution is 2.40. The van der Waals surface area contributed by atoms with Crippen molar-refractivity contribution in [3.05, 3.63) is 155 Å². The number of aliphatic hydroxyl groups is 1. The number of rotatable bonds is 12. The number of thioether (sulfide) groups is 1. The summed E-state index contributed by atoms with van der Waals surface area (Å²) in [5.41, 5.74) is 6.50. The number of carbonyl (C=O) groups is 1. The largest absolute Gasteiger partial charge is 0.457 e. The van der Waals surface area contributed by atoms with Gasteiger partial charge in [-0.25, -0.2) is 4.79 Å². The number of hydrogen-bond donors (Lipinski definition) is 3.